The molecule has 1 aliphatic heterocycles. The Hall–Kier alpha value is -3.80. The Morgan fingerprint density at radius 1 is 0.982 bits per heavy atom. The minimum Gasteiger partial charge on any atom is -0.448 e. The zero-order chi connectivity index (χ0) is 41.2. The van der Waals surface area contributed by atoms with E-state index in [2.05, 4.69) is 6.08 Å². The van der Waals surface area contributed by atoms with E-state index in [1.807, 2.05) is 64.3 Å². The quantitative estimate of drug-likeness (QED) is 0.134. The van der Waals surface area contributed by atoms with Crippen molar-refractivity contribution in [1.82, 2.24) is 4.90 Å². The summed E-state index contributed by atoms with van der Waals surface area (Å²) in [5.74, 6) is -1.65. The largest absolute Gasteiger partial charge is 0.448 e. The molecule has 2 heterocycles. The number of thiophene rings is 1. The SMILES string of the molecule is CC1=CCC[C@@]2(C)[C@@H](CC[C@@]2(O)CN(CCc2cccs2)C(=O)[C@@]23CC[C@@](C)(C(=O)O2)C3(C)C)c2ccc(cc2C(=O)c2cccc(C(F)(F)F)c2)C[C@@H](O)CC1. The number of rotatable bonds is 8. The zero-order valence-corrected chi connectivity index (χ0v) is 34.3. The number of alkyl halides is 3. The second kappa shape index (κ2) is 14.8. The van der Waals surface area contributed by atoms with Crippen molar-refractivity contribution in [2.75, 3.05) is 13.1 Å². The lowest BCUT2D eigenvalue weighted by Gasteiger charge is -2.47. The summed E-state index contributed by atoms with van der Waals surface area (Å²) in [5.41, 5.74) is -3.70. The number of ketones is 1. The lowest BCUT2D eigenvalue weighted by atomic mass is 9.64. The molecule has 306 valence electrons. The Balaban J connectivity index is 1.31. The van der Waals surface area contributed by atoms with E-state index in [4.69, 9.17) is 4.74 Å². The number of esters is 1. The van der Waals surface area contributed by atoms with Gasteiger partial charge in [0.2, 0.25) is 0 Å². The number of amides is 1. The molecular weight excluding hydrogens is 752 g/mol. The molecule has 1 saturated heterocycles. The van der Waals surface area contributed by atoms with Crippen molar-refractivity contribution in [2.24, 2.45) is 16.2 Å². The third-order valence-electron chi connectivity index (χ3n) is 14.7. The summed E-state index contributed by atoms with van der Waals surface area (Å²) < 4.78 is 47.6. The number of hydrogen-bond donors (Lipinski definition) is 2. The molecule has 8 rings (SSSR count). The van der Waals surface area contributed by atoms with Crippen LogP contribution in [0.2, 0.25) is 0 Å². The molecule has 0 radical (unpaired) electrons. The molecule has 1 aromatic heterocycles. The summed E-state index contributed by atoms with van der Waals surface area (Å²) in [6, 6.07) is 13.8. The van der Waals surface area contributed by atoms with Gasteiger partial charge in [-0.15, -0.1) is 11.3 Å². The average molecular weight is 806 g/mol. The van der Waals surface area contributed by atoms with E-state index in [9.17, 15) is 33.0 Å². The number of carbonyl (C=O) groups is 3. The Bertz CT molecular complexity index is 2080. The highest BCUT2D eigenvalue weighted by Crippen LogP contribution is 2.66. The van der Waals surface area contributed by atoms with E-state index in [-0.39, 0.29) is 36.0 Å². The van der Waals surface area contributed by atoms with Crippen LogP contribution in [0.3, 0.4) is 0 Å². The third kappa shape index (κ3) is 6.99. The van der Waals surface area contributed by atoms with Crippen molar-refractivity contribution in [3.63, 3.8) is 0 Å². The molecule has 2 N–H and O–H groups in total. The predicted octanol–water partition coefficient (Wildman–Crippen LogP) is 9.23. The van der Waals surface area contributed by atoms with Crippen LogP contribution in [0.15, 0.2) is 71.6 Å². The average Bonchev–Trinajstić information content (AvgIpc) is 3.86. The van der Waals surface area contributed by atoms with Gasteiger partial charge >= 0.3 is 12.1 Å². The molecule has 0 unspecified atom stereocenters. The van der Waals surface area contributed by atoms with Gasteiger partial charge in [-0.2, -0.15) is 13.2 Å². The highest BCUT2D eigenvalue weighted by atomic mass is 32.1. The number of nitrogens with zero attached hydrogens (tertiary/aromatic N) is 1. The summed E-state index contributed by atoms with van der Waals surface area (Å²) in [4.78, 5) is 45.7. The van der Waals surface area contributed by atoms with E-state index < -0.39 is 57.0 Å². The van der Waals surface area contributed by atoms with E-state index in [1.165, 1.54) is 12.1 Å². The molecule has 4 bridgehead atoms. The van der Waals surface area contributed by atoms with Crippen LogP contribution in [0.1, 0.15) is 129 Å². The number of aliphatic hydroxyl groups is 2. The number of hydrogen-bond acceptors (Lipinski definition) is 7. The zero-order valence-electron chi connectivity index (χ0n) is 33.5. The number of benzene rings is 2. The first kappa shape index (κ1) is 41.4. The molecule has 7 nitrogen and oxygen atoms in total. The highest BCUT2D eigenvalue weighted by molar-refractivity contribution is 7.09. The smallest absolute Gasteiger partial charge is 0.416 e. The first-order chi connectivity index (χ1) is 26.7. The fraction of sp³-hybridized carbons (Fsp3) is 0.543. The van der Waals surface area contributed by atoms with Crippen LogP contribution in [-0.4, -0.2) is 63.2 Å². The summed E-state index contributed by atoms with van der Waals surface area (Å²) in [6.07, 6.45) is 1.52. The van der Waals surface area contributed by atoms with Crippen LogP contribution in [0.25, 0.3) is 0 Å². The topological polar surface area (TPSA) is 104 Å². The van der Waals surface area contributed by atoms with E-state index >= 15 is 4.79 Å². The van der Waals surface area contributed by atoms with Crippen molar-refractivity contribution < 1.29 is 42.5 Å². The van der Waals surface area contributed by atoms with Gasteiger partial charge in [-0.05, 0) is 125 Å². The summed E-state index contributed by atoms with van der Waals surface area (Å²) >= 11 is 1.59. The third-order valence-corrected chi connectivity index (χ3v) is 15.7. The maximum Gasteiger partial charge on any atom is 0.416 e. The minimum atomic E-state index is -4.64. The monoisotopic (exact) mass is 805 g/mol. The molecule has 1 amide bonds. The van der Waals surface area contributed by atoms with Crippen molar-refractivity contribution in [2.45, 2.75) is 128 Å². The van der Waals surface area contributed by atoms with Crippen LogP contribution in [0.5, 0.6) is 0 Å². The number of allylic oxidation sites excluding steroid dienone is 2. The Labute approximate surface area is 337 Å². The van der Waals surface area contributed by atoms with Crippen molar-refractivity contribution >= 4 is 29.0 Å². The van der Waals surface area contributed by atoms with Gasteiger partial charge in [-0.25, -0.2) is 0 Å². The lowest BCUT2D eigenvalue weighted by molar-refractivity contribution is -0.177. The number of carbonyl (C=O) groups excluding carboxylic acids is 3. The normalized spacial score (nSPS) is 31.1. The van der Waals surface area contributed by atoms with Gasteiger partial charge in [-0.1, -0.05) is 62.8 Å². The number of halogens is 3. The highest BCUT2D eigenvalue weighted by Gasteiger charge is 2.76. The molecule has 3 fully saturated rings. The predicted molar refractivity (Wildman–Crippen MR) is 213 cm³/mol. The molecule has 4 aliphatic carbocycles. The molecular formula is C46H54F3NO6S. The van der Waals surface area contributed by atoms with Crippen LogP contribution in [0.4, 0.5) is 13.2 Å². The summed E-state index contributed by atoms with van der Waals surface area (Å²) in [5, 5.41) is 26.2. The Morgan fingerprint density at radius 3 is 2.42 bits per heavy atom. The first-order valence-electron chi connectivity index (χ1n) is 20.2. The van der Waals surface area contributed by atoms with Crippen molar-refractivity contribution in [1.29, 1.82) is 0 Å². The van der Waals surface area contributed by atoms with Crippen LogP contribution >= 0.6 is 11.3 Å². The van der Waals surface area contributed by atoms with Crippen LogP contribution < -0.4 is 0 Å². The fourth-order valence-electron chi connectivity index (χ4n) is 10.4. The Kier molecular flexibility index (Phi) is 10.7. The van der Waals surface area contributed by atoms with Crippen LogP contribution in [-0.2, 0) is 33.3 Å². The van der Waals surface area contributed by atoms with Crippen LogP contribution in [0, 0.1) is 16.2 Å². The second-order valence-electron chi connectivity index (χ2n) is 18.1. The number of fused-ring (bicyclic) bond motifs is 10. The fourth-order valence-corrected chi connectivity index (χ4v) is 11.1. The summed E-state index contributed by atoms with van der Waals surface area (Å²) in [6.45, 7) is 10.0. The standard InChI is InChI=1S/C46H54F3NO6S/c1-29-9-7-19-42(4)37(35-16-14-30(25-33(51)15-13-29)26-36(35)38(52)31-10-6-11-32(27-31)46(47,48)49)17-20-44(42,55)28-50(23-18-34-12-8-24-57-34)39(53)45-22-21-43(5,40(54)56-45)41(45,2)3/h6,8-12,14,16,24,26-27,33,37,51,55H,7,13,15,17-23,25,28H2,1-5H3/t33-,37-,42-,43-,44+,45+/m0/s1. The molecule has 3 aromatic rings. The second-order valence-corrected chi connectivity index (χ2v) is 19.1. The molecule has 57 heavy (non-hydrogen) atoms. The van der Waals surface area contributed by atoms with Crippen molar-refractivity contribution in [3.05, 3.63) is 104 Å². The molecule has 2 aromatic carbocycles. The molecule has 5 aliphatic rings. The molecule has 11 heteroatoms. The van der Waals surface area contributed by atoms with Gasteiger partial charge in [-0.3, -0.25) is 14.4 Å². The molecule has 0 spiro atoms. The number of ether oxygens (including phenoxy) is 1. The lowest BCUT2D eigenvalue weighted by Crippen LogP contribution is -2.60. The van der Waals surface area contributed by atoms with E-state index in [0.29, 0.717) is 75.5 Å². The van der Waals surface area contributed by atoms with Gasteiger partial charge in [0.25, 0.3) is 5.91 Å². The van der Waals surface area contributed by atoms with Gasteiger partial charge in [0, 0.05) is 33.4 Å². The van der Waals surface area contributed by atoms with Crippen molar-refractivity contribution in [3.8, 4) is 0 Å². The van der Waals surface area contributed by atoms with Gasteiger partial charge in [0.15, 0.2) is 11.4 Å². The minimum absolute atomic E-state index is 0.0276. The maximum atomic E-state index is 15.1. The molecule has 2 saturated carbocycles. The van der Waals surface area contributed by atoms with Gasteiger partial charge < -0.3 is 19.8 Å². The number of aliphatic hydroxyl groups excluding tert-OH is 1. The Morgan fingerprint density at radius 2 is 1.75 bits per heavy atom. The van der Waals surface area contributed by atoms with E-state index in [0.717, 1.165) is 22.6 Å². The van der Waals surface area contributed by atoms with E-state index in [1.54, 1.807) is 22.3 Å². The maximum absolute atomic E-state index is 15.1. The summed E-state index contributed by atoms with van der Waals surface area (Å²) in [7, 11) is 0. The van der Waals surface area contributed by atoms with Gasteiger partial charge in [0.1, 0.15) is 0 Å². The van der Waals surface area contributed by atoms with Gasteiger partial charge in [0.05, 0.1) is 29.2 Å². The first-order valence-corrected chi connectivity index (χ1v) is 21.1. The molecule has 6 atom stereocenters.